The normalized spacial score (nSPS) is 19.7. The van der Waals surface area contributed by atoms with E-state index in [4.69, 9.17) is 67.5 Å². The van der Waals surface area contributed by atoms with Gasteiger partial charge in [0.1, 0.15) is 49.6 Å². The van der Waals surface area contributed by atoms with Crippen molar-refractivity contribution in [2.75, 3.05) is 4.90 Å². The molecule has 1 N–H and O–H groups in total. The van der Waals surface area contributed by atoms with E-state index in [0.717, 1.165) is 4.90 Å². The van der Waals surface area contributed by atoms with Gasteiger partial charge >= 0.3 is 0 Å². The van der Waals surface area contributed by atoms with Crippen LogP contribution in [0.15, 0.2) is 55.1 Å². The van der Waals surface area contributed by atoms with Crippen LogP contribution < -0.4 is 4.90 Å². The van der Waals surface area contributed by atoms with Crippen LogP contribution in [0.3, 0.4) is 0 Å². The number of morpholine rings is 1. The molecule has 3 heterocycles. The van der Waals surface area contributed by atoms with Crippen molar-refractivity contribution in [1.29, 1.82) is 0 Å². The Morgan fingerprint density at radius 2 is 1.50 bits per heavy atom. The Morgan fingerprint density at radius 1 is 0.850 bits per heavy atom. The molecule has 1 fully saturated rings. The number of aryl methyl sites for hydroxylation is 1. The van der Waals surface area contributed by atoms with E-state index < -0.39 is 33.4 Å². The van der Waals surface area contributed by atoms with Crippen molar-refractivity contribution < 1.29 is 14.2 Å². The van der Waals surface area contributed by atoms with Crippen molar-refractivity contribution >= 4 is 79.4 Å². The molecule has 0 aliphatic carbocycles. The van der Waals surface area contributed by atoms with E-state index in [0.29, 0.717) is 27.9 Å². The van der Waals surface area contributed by atoms with Crippen LogP contribution in [0.1, 0.15) is 23.1 Å². The second kappa shape index (κ2) is 9.55. The maximum absolute atomic E-state index is 15.2. The number of aliphatic hydroxyl groups is 1. The quantitative estimate of drug-likeness (QED) is 0.368. The molecule has 2 aromatic carbocycles. The fourth-order valence-electron chi connectivity index (χ4n) is 4.66. The third-order valence-electron chi connectivity index (χ3n) is 6.95. The molecule has 2 aromatic heterocycles. The lowest BCUT2D eigenvalue weighted by Crippen LogP contribution is -2.86. The highest BCUT2D eigenvalue weighted by atomic mass is 19.1. The third-order valence-corrected chi connectivity index (χ3v) is 6.95. The van der Waals surface area contributed by atoms with Gasteiger partial charge in [-0.3, -0.25) is 9.97 Å². The SMILES string of the molecule is [B]C1([B])OC([B])([B])C([B])([B])N(c2ccc3c(-c4cc(C(O)c5nccnc5C)ccc4F)ncnc3c2)C1([B])[B]. The lowest BCUT2D eigenvalue weighted by Gasteiger charge is -2.71. The second-order valence-corrected chi connectivity index (χ2v) is 9.77. The van der Waals surface area contributed by atoms with E-state index in [9.17, 15) is 5.11 Å². The van der Waals surface area contributed by atoms with Crippen LogP contribution in [0, 0.1) is 12.7 Å². The Balaban J connectivity index is 1.62. The van der Waals surface area contributed by atoms with E-state index >= 15 is 4.39 Å². The first kappa shape index (κ1) is 28.6. The fraction of sp³-hybridized carbons (Fsp3) is 0.250. The molecule has 1 unspecified atom stereocenters. The molecule has 178 valence electrons. The Labute approximate surface area is 241 Å². The standard InChI is InChI=1S/C24H14B8FN5O2/c1-11-18(35-7-6-34-11)20(39)12-2-5-16(33)15(8-12)19-14-4-3-13(9-17(14)36-10-37-19)38-21(25,26)23(29,30)40-24(31,32)22(38,27)28/h2-10,20,39H,1H3. The predicted octanol–water partition coefficient (Wildman–Crippen LogP) is -0.584. The highest BCUT2D eigenvalue weighted by Crippen LogP contribution is 2.44. The molecular formula is C24H14B8FN5O2. The predicted molar refractivity (Wildman–Crippen MR) is 156 cm³/mol. The summed E-state index contributed by atoms with van der Waals surface area (Å²) in [6.07, 6.45) is 3.06. The van der Waals surface area contributed by atoms with Gasteiger partial charge in [-0.2, -0.15) is 0 Å². The number of anilines is 1. The first-order chi connectivity index (χ1) is 18.6. The van der Waals surface area contributed by atoms with E-state index in [2.05, 4.69) is 19.9 Å². The summed E-state index contributed by atoms with van der Waals surface area (Å²) in [6, 6.07) is 8.75. The molecule has 0 bridgehead atoms. The molecule has 40 heavy (non-hydrogen) atoms. The van der Waals surface area contributed by atoms with Crippen LogP contribution >= 0.6 is 0 Å². The van der Waals surface area contributed by atoms with Gasteiger partial charge in [0.05, 0.1) is 54.0 Å². The topological polar surface area (TPSA) is 84.3 Å². The molecule has 16 radical (unpaired) electrons. The number of fused-ring (bicyclic) bond motifs is 1. The molecule has 7 nitrogen and oxygen atoms in total. The zero-order chi connectivity index (χ0) is 29.3. The second-order valence-electron chi connectivity index (χ2n) is 9.77. The van der Waals surface area contributed by atoms with E-state index in [-0.39, 0.29) is 16.9 Å². The van der Waals surface area contributed by atoms with Crippen molar-refractivity contribution in [3.05, 3.63) is 77.9 Å². The van der Waals surface area contributed by atoms with Crippen molar-refractivity contribution in [2.45, 2.75) is 34.5 Å². The first-order valence-corrected chi connectivity index (χ1v) is 11.9. The molecule has 0 spiro atoms. The van der Waals surface area contributed by atoms with Crippen molar-refractivity contribution in [3.63, 3.8) is 0 Å². The van der Waals surface area contributed by atoms with Gasteiger partial charge in [0.2, 0.25) is 0 Å². The molecular weight excluding hydrogens is 496 g/mol. The molecule has 0 amide bonds. The lowest BCUT2D eigenvalue weighted by atomic mass is 9.30. The van der Waals surface area contributed by atoms with Crippen LogP contribution in [0.5, 0.6) is 0 Å². The number of hydrogen-bond acceptors (Lipinski definition) is 7. The highest BCUT2D eigenvalue weighted by molar-refractivity contribution is 6.61. The van der Waals surface area contributed by atoms with E-state index in [1.807, 2.05) is 0 Å². The highest BCUT2D eigenvalue weighted by Gasteiger charge is 2.56. The summed E-state index contributed by atoms with van der Waals surface area (Å²) in [5, 5.41) is 2.37. The van der Waals surface area contributed by atoms with Crippen molar-refractivity contribution in [1.82, 2.24) is 19.9 Å². The number of benzene rings is 2. The van der Waals surface area contributed by atoms with Gasteiger partial charge in [0, 0.05) is 29.0 Å². The molecule has 1 aliphatic heterocycles. The monoisotopic (exact) mass is 511 g/mol. The average molecular weight is 510 g/mol. The zero-order valence-electron chi connectivity index (χ0n) is 21.4. The minimum absolute atomic E-state index is 0.106. The Morgan fingerprint density at radius 3 is 2.15 bits per heavy atom. The molecule has 0 saturated carbocycles. The first-order valence-electron chi connectivity index (χ1n) is 11.9. The van der Waals surface area contributed by atoms with Gasteiger partial charge in [-0.25, -0.2) is 14.4 Å². The number of rotatable bonds is 4. The number of aromatic nitrogens is 4. The zero-order valence-corrected chi connectivity index (χ0v) is 21.4. The van der Waals surface area contributed by atoms with Gasteiger partial charge in [-0.1, -0.05) is 6.07 Å². The summed E-state index contributed by atoms with van der Waals surface area (Å²) >= 11 is 0. The Hall–Kier alpha value is -2.97. The lowest BCUT2D eigenvalue weighted by molar-refractivity contribution is -0.0253. The minimum Gasteiger partial charge on any atom is -0.405 e. The number of halogens is 1. The van der Waals surface area contributed by atoms with Crippen LogP contribution in [-0.4, -0.2) is 109 Å². The van der Waals surface area contributed by atoms with E-state index in [1.165, 1.54) is 49.1 Å². The average Bonchev–Trinajstić information content (AvgIpc) is 2.87. The van der Waals surface area contributed by atoms with Gasteiger partial charge in [-0.05, 0) is 64.3 Å². The number of aliphatic hydroxyl groups excluding tert-OH is 1. The molecule has 1 atom stereocenters. The minimum atomic E-state index is -2.30. The van der Waals surface area contributed by atoms with Crippen molar-refractivity contribution in [2.24, 2.45) is 0 Å². The number of nitrogens with zero attached hydrogens (tertiary/aromatic N) is 5. The van der Waals surface area contributed by atoms with Gasteiger partial charge in [0.15, 0.2) is 0 Å². The van der Waals surface area contributed by atoms with Gasteiger partial charge in [-0.15, -0.1) is 0 Å². The van der Waals surface area contributed by atoms with Crippen molar-refractivity contribution in [3.8, 4) is 11.3 Å². The molecule has 16 heteroatoms. The Kier molecular flexibility index (Phi) is 6.82. The summed E-state index contributed by atoms with van der Waals surface area (Å²) < 4.78 is 20.4. The largest absolute Gasteiger partial charge is 0.405 e. The summed E-state index contributed by atoms with van der Waals surface area (Å²) in [4.78, 5) is 18.0. The summed E-state index contributed by atoms with van der Waals surface area (Å²) in [7, 11) is 49.0. The van der Waals surface area contributed by atoms with Crippen LogP contribution in [0.25, 0.3) is 22.2 Å². The van der Waals surface area contributed by atoms with Crippen LogP contribution in [-0.2, 0) is 4.74 Å². The maximum atomic E-state index is 15.2. The smallest absolute Gasteiger partial charge is 0.132 e. The fourth-order valence-corrected chi connectivity index (χ4v) is 4.66. The van der Waals surface area contributed by atoms with Gasteiger partial charge < -0.3 is 14.7 Å². The molecule has 4 aromatic rings. The number of hydrogen-bond donors (Lipinski definition) is 1. The summed E-state index contributed by atoms with van der Waals surface area (Å²) in [5.74, 6) is -0.581. The van der Waals surface area contributed by atoms with Gasteiger partial charge in [0.25, 0.3) is 0 Å². The molecule has 1 saturated heterocycles. The van der Waals surface area contributed by atoms with E-state index in [1.54, 1.807) is 13.0 Å². The number of ether oxygens (including phenoxy) is 1. The summed E-state index contributed by atoms with van der Waals surface area (Å²) in [6.45, 7) is 1.72. The van der Waals surface area contributed by atoms with Crippen LogP contribution in [0.2, 0.25) is 0 Å². The Bertz CT molecular complexity index is 1600. The summed E-state index contributed by atoms with van der Waals surface area (Å²) in [5.41, 5.74) is 2.09. The van der Waals surface area contributed by atoms with Crippen LogP contribution in [0.4, 0.5) is 10.1 Å². The molecule has 5 rings (SSSR count). The molecule has 1 aliphatic rings. The third kappa shape index (κ3) is 4.40. The maximum Gasteiger partial charge on any atom is 0.132 e.